The highest BCUT2D eigenvalue weighted by Crippen LogP contribution is 2.34. The molecule has 0 bridgehead atoms. The first kappa shape index (κ1) is 16.8. The molecule has 0 aliphatic carbocycles. The van der Waals surface area contributed by atoms with E-state index in [2.05, 4.69) is 15.9 Å². The van der Waals surface area contributed by atoms with Crippen LogP contribution >= 0.6 is 15.9 Å². The number of hydrogen-bond donors (Lipinski definition) is 0. The maximum Gasteiger partial charge on any atom is 0.254 e. The fourth-order valence-electron chi connectivity index (χ4n) is 2.65. The monoisotopic (exact) mass is 393 g/mol. The lowest BCUT2D eigenvalue weighted by Gasteiger charge is -2.25. The Morgan fingerprint density at radius 3 is 2.79 bits per heavy atom. The van der Waals surface area contributed by atoms with E-state index in [9.17, 15) is 9.18 Å². The fourth-order valence-corrected chi connectivity index (χ4v) is 3.12. The smallest absolute Gasteiger partial charge is 0.254 e. The highest BCUT2D eigenvalue weighted by atomic mass is 79.9. The molecule has 0 unspecified atom stereocenters. The number of carbonyl (C=O) groups is 1. The molecule has 0 atom stereocenters. The number of nitrogens with zero attached hydrogens (tertiary/aromatic N) is 1. The van der Waals surface area contributed by atoms with Crippen molar-refractivity contribution in [2.24, 2.45) is 0 Å². The lowest BCUT2D eigenvalue weighted by atomic mass is 10.1. The van der Waals surface area contributed by atoms with E-state index in [0.29, 0.717) is 47.8 Å². The number of ether oxygens (including phenoxy) is 2. The molecule has 1 aliphatic rings. The van der Waals surface area contributed by atoms with Crippen molar-refractivity contribution >= 4 is 21.8 Å². The number of benzene rings is 2. The zero-order valence-electron chi connectivity index (χ0n) is 13.2. The van der Waals surface area contributed by atoms with Crippen LogP contribution in [0.1, 0.15) is 22.8 Å². The minimum absolute atomic E-state index is 0.230. The first-order valence-corrected chi connectivity index (χ1v) is 8.50. The summed E-state index contributed by atoms with van der Waals surface area (Å²) in [5.41, 5.74) is 1.18. The third kappa shape index (κ3) is 3.53. The van der Waals surface area contributed by atoms with E-state index in [-0.39, 0.29) is 5.91 Å². The van der Waals surface area contributed by atoms with Crippen molar-refractivity contribution in [3.63, 3.8) is 0 Å². The van der Waals surface area contributed by atoms with E-state index in [1.165, 1.54) is 12.1 Å². The molecular formula is C18H17BrFNO3. The van der Waals surface area contributed by atoms with Crippen molar-refractivity contribution in [3.8, 4) is 11.5 Å². The molecular weight excluding hydrogens is 377 g/mol. The van der Waals surface area contributed by atoms with E-state index < -0.39 is 5.82 Å². The quantitative estimate of drug-likeness (QED) is 0.787. The van der Waals surface area contributed by atoms with E-state index >= 15 is 0 Å². The Hall–Kier alpha value is -2.08. The van der Waals surface area contributed by atoms with Crippen molar-refractivity contribution in [1.29, 1.82) is 0 Å². The summed E-state index contributed by atoms with van der Waals surface area (Å²) in [5.74, 6) is 0.691. The number of para-hydroxylation sites is 1. The van der Waals surface area contributed by atoms with Crippen molar-refractivity contribution in [2.45, 2.75) is 13.5 Å². The minimum atomic E-state index is -0.447. The second kappa shape index (κ2) is 7.21. The molecule has 0 saturated carbocycles. The normalized spacial score (nSPS) is 12.8. The first-order valence-electron chi connectivity index (χ1n) is 7.71. The molecule has 24 heavy (non-hydrogen) atoms. The molecule has 2 aromatic carbocycles. The summed E-state index contributed by atoms with van der Waals surface area (Å²) in [6, 6.07) is 9.82. The molecule has 0 spiro atoms. The summed E-state index contributed by atoms with van der Waals surface area (Å²) in [7, 11) is 0. The fraction of sp³-hybridized carbons (Fsp3) is 0.278. The van der Waals surface area contributed by atoms with Crippen LogP contribution < -0.4 is 9.47 Å². The Balaban J connectivity index is 1.86. The number of amides is 1. The van der Waals surface area contributed by atoms with Gasteiger partial charge in [-0.2, -0.15) is 0 Å². The van der Waals surface area contributed by atoms with E-state index in [1.54, 1.807) is 11.0 Å². The van der Waals surface area contributed by atoms with Gasteiger partial charge >= 0.3 is 0 Å². The van der Waals surface area contributed by atoms with Crippen molar-refractivity contribution in [3.05, 3.63) is 57.8 Å². The van der Waals surface area contributed by atoms with Gasteiger partial charge in [0.25, 0.3) is 5.91 Å². The van der Waals surface area contributed by atoms with Crippen LogP contribution in [0, 0.1) is 5.82 Å². The highest BCUT2D eigenvalue weighted by molar-refractivity contribution is 9.10. The third-order valence-corrected chi connectivity index (χ3v) is 4.25. The van der Waals surface area contributed by atoms with Crippen molar-refractivity contribution in [2.75, 3.05) is 19.8 Å². The van der Waals surface area contributed by atoms with Crippen LogP contribution in [0.15, 0.2) is 40.9 Å². The van der Waals surface area contributed by atoms with Gasteiger partial charge in [-0.3, -0.25) is 4.79 Å². The molecule has 4 nitrogen and oxygen atoms in total. The standard InChI is InChI=1S/C18H17BrFNO3/c1-2-21(18(22)13-8-14(19)10-15(20)9-13)11-12-4-3-5-16-17(12)24-7-6-23-16/h3-5,8-10H,2,6-7,11H2,1H3. The predicted octanol–water partition coefficient (Wildman–Crippen LogP) is 4.02. The highest BCUT2D eigenvalue weighted by Gasteiger charge is 2.21. The SMILES string of the molecule is CCN(Cc1cccc2c1OCCO2)C(=O)c1cc(F)cc(Br)c1. The van der Waals surface area contributed by atoms with Gasteiger partial charge in [0, 0.05) is 28.7 Å². The zero-order chi connectivity index (χ0) is 17.1. The maximum absolute atomic E-state index is 13.6. The van der Waals surface area contributed by atoms with E-state index in [1.807, 2.05) is 25.1 Å². The number of hydrogen-bond acceptors (Lipinski definition) is 3. The zero-order valence-corrected chi connectivity index (χ0v) is 14.8. The molecule has 1 aliphatic heterocycles. The Morgan fingerprint density at radius 2 is 2.04 bits per heavy atom. The van der Waals surface area contributed by atoms with Crippen molar-refractivity contribution in [1.82, 2.24) is 4.90 Å². The molecule has 0 N–H and O–H groups in total. The average molecular weight is 394 g/mol. The summed E-state index contributed by atoms with van der Waals surface area (Å²) in [5, 5.41) is 0. The van der Waals surface area contributed by atoms with Crippen LogP contribution in [-0.2, 0) is 6.54 Å². The molecule has 0 saturated heterocycles. The number of halogens is 2. The van der Waals surface area contributed by atoms with Gasteiger partial charge in [0.05, 0.1) is 0 Å². The molecule has 0 radical (unpaired) electrons. The Kier molecular flexibility index (Phi) is 5.04. The molecule has 1 amide bonds. The number of carbonyl (C=O) groups excluding carboxylic acids is 1. The van der Waals surface area contributed by atoms with Gasteiger partial charge in [-0.05, 0) is 31.2 Å². The Labute approximate surface area is 148 Å². The molecule has 0 fully saturated rings. The molecule has 6 heteroatoms. The van der Waals surface area contributed by atoms with Crippen molar-refractivity contribution < 1.29 is 18.7 Å². The molecule has 2 aromatic rings. The van der Waals surface area contributed by atoms with Gasteiger partial charge < -0.3 is 14.4 Å². The molecule has 0 aromatic heterocycles. The van der Waals surface area contributed by atoms with E-state index in [0.717, 1.165) is 5.56 Å². The number of rotatable bonds is 4. The van der Waals surface area contributed by atoms with Gasteiger partial charge in [0.15, 0.2) is 11.5 Å². The number of fused-ring (bicyclic) bond motifs is 1. The lowest BCUT2D eigenvalue weighted by Crippen LogP contribution is -2.31. The van der Waals surface area contributed by atoms with Crippen LogP contribution in [0.2, 0.25) is 0 Å². The minimum Gasteiger partial charge on any atom is -0.486 e. The van der Waals surface area contributed by atoms with Gasteiger partial charge in [0.2, 0.25) is 0 Å². The summed E-state index contributed by atoms with van der Waals surface area (Å²) >= 11 is 3.22. The van der Waals surface area contributed by atoms with Crippen LogP contribution in [0.4, 0.5) is 4.39 Å². The molecule has 1 heterocycles. The van der Waals surface area contributed by atoms with Gasteiger partial charge in [-0.25, -0.2) is 4.39 Å². The average Bonchev–Trinajstić information content (AvgIpc) is 2.58. The third-order valence-electron chi connectivity index (χ3n) is 3.79. The van der Waals surface area contributed by atoms with Crippen LogP contribution in [0.5, 0.6) is 11.5 Å². The van der Waals surface area contributed by atoms with E-state index in [4.69, 9.17) is 9.47 Å². The van der Waals surface area contributed by atoms with Gasteiger partial charge in [-0.1, -0.05) is 28.1 Å². The molecule has 126 valence electrons. The van der Waals surface area contributed by atoms with Crippen LogP contribution in [0.3, 0.4) is 0 Å². The van der Waals surface area contributed by atoms with Gasteiger partial charge in [0.1, 0.15) is 19.0 Å². The summed E-state index contributed by atoms with van der Waals surface area (Å²) in [4.78, 5) is 14.4. The summed E-state index contributed by atoms with van der Waals surface area (Å²) in [6.07, 6.45) is 0. The topological polar surface area (TPSA) is 38.8 Å². The molecule has 3 rings (SSSR count). The maximum atomic E-state index is 13.6. The lowest BCUT2D eigenvalue weighted by molar-refractivity contribution is 0.0748. The summed E-state index contributed by atoms with van der Waals surface area (Å²) < 4.78 is 25.4. The van der Waals surface area contributed by atoms with Crippen LogP contribution in [0.25, 0.3) is 0 Å². The predicted molar refractivity (Wildman–Crippen MR) is 91.9 cm³/mol. The van der Waals surface area contributed by atoms with Crippen LogP contribution in [-0.4, -0.2) is 30.6 Å². The van der Waals surface area contributed by atoms with Gasteiger partial charge in [-0.15, -0.1) is 0 Å². The summed E-state index contributed by atoms with van der Waals surface area (Å²) in [6.45, 7) is 3.76. The first-order chi connectivity index (χ1) is 11.6. The second-order valence-corrected chi connectivity index (χ2v) is 6.33. The Morgan fingerprint density at radius 1 is 1.25 bits per heavy atom. The Bertz CT molecular complexity index is 746. The second-order valence-electron chi connectivity index (χ2n) is 5.42. The largest absolute Gasteiger partial charge is 0.486 e.